The lowest BCUT2D eigenvalue weighted by Gasteiger charge is -2.32. The number of rotatable bonds is 3. The molecule has 0 amide bonds. The van der Waals surface area contributed by atoms with Crippen molar-refractivity contribution < 1.29 is 4.21 Å². The molecule has 0 aliphatic carbocycles. The molecule has 0 saturated carbocycles. The normalized spacial score (nSPS) is 27.8. The van der Waals surface area contributed by atoms with Gasteiger partial charge in [-0.15, -0.1) is 0 Å². The SMILES string of the molecule is CCCNC1c2cccc(Cl)c2S(=O)CC1C. The molecule has 1 aliphatic heterocycles. The molecular formula is C13H18ClNOS. The first-order valence-corrected chi connectivity index (χ1v) is 7.75. The van der Waals surface area contributed by atoms with Crippen LogP contribution in [0.5, 0.6) is 0 Å². The van der Waals surface area contributed by atoms with Gasteiger partial charge in [0.15, 0.2) is 0 Å². The van der Waals surface area contributed by atoms with Gasteiger partial charge in [0.1, 0.15) is 0 Å². The van der Waals surface area contributed by atoms with Crippen molar-refractivity contribution in [2.45, 2.75) is 31.2 Å². The first-order chi connectivity index (χ1) is 8.15. The Morgan fingerprint density at radius 2 is 2.29 bits per heavy atom. The maximum Gasteiger partial charge on any atom is 0.0622 e. The summed E-state index contributed by atoms with van der Waals surface area (Å²) < 4.78 is 12.1. The Hall–Kier alpha value is -0.380. The number of fused-ring (bicyclic) bond motifs is 1. The fraction of sp³-hybridized carbons (Fsp3) is 0.538. The molecule has 17 heavy (non-hydrogen) atoms. The third-order valence-corrected chi connectivity index (χ3v) is 5.32. The summed E-state index contributed by atoms with van der Waals surface area (Å²) in [4.78, 5) is 0.834. The summed E-state index contributed by atoms with van der Waals surface area (Å²) >= 11 is 6.16. The summed E-state index contributed by atoms with van der Waals surface area (Å²) in [6.07, 6.45) is 1.10. The highest BCUT2D eigenvalue weighted by molar-refractivity contribution is 7.85. The Kier molecular flexibility index (Phi) is 4.23. The Morgan fingerprint density at radius 3 is 3.00 bits per heavy atom. The molecule has 2 nitrogen and oxygen atoms in total. The van der Waals surface area contributed by atoms with Gasteiger partial charge in [-0.2, -0.15) is 0 Å². The van der Waals surface area contributed by atoms with E-state index >= 15 is 0 Å². The van der Waals surface area contributed by atoms with E-state index in [1.54, 1.807) is 0 Å². The van der Waals surface area contributed by atoms with Crippen molar-refractivity contribution in [2.24, 2.45) is 5.92 Å². The van der Waals surface area contributed by atoms with Crippen molar-refractivity contribution in [3.8, 4) is 0 Å². The highest BCUT2D eigenvalue weighted by atomic mass is 35.5. The maximum absolute atomic E-state index is 12.1. The minimum absolute atomic E-state index is 0.279. The molecule has 1 heterocycles. The zero-order valence-electron chi connectivity index (χ0n) is 10.2. The molecule has 1 aromatic carbocycles. The van der Waals surface area contributed by atoms with Gasteiger partial charge in [-0.05, 0) is 30.5 Å². The van der Waals surface area contributed by atoms with Crippen LogP contribution in [-0.2, 0) is 10.8 Å². The first kappa shape index (κ1) is 13.1. The van der Waals surface area contributed by atoms with E-state index in [1.165, 1.54) is 0 Å². The van der Waals surface area contributed by atoms with Gasteiger partial charge in [0.2, 0.25) is 0 Å². The van der Waals surface area contributed by atoms with Crippen LogP contribution in [0.25, 0.3) is 0 Å². The first-order valence-electron chi connectivity index (χ1n) is 6.05. The summed E-state index contributed by atoms with van der Waals surface area (Å²) in [6, 6.07) is 6.09. The van der Waals surface area contributed by atoms with E-state index in [2.05, 4.69) is 19.2 Å². The Labute approximate surface area is 110 Å². The number of hydrogen-bond donors (Lipinski definition) is 1. The maximum atomic E-state index is 12.1. The van der Waals surface area contributed by atoms with Gasteiger partial charge in [0.05, 0.1) is 20.7 Å². The molecule has 94 valence electrons. The third-order valence-electron chi connectivity index (χ3n) is 3.16. The van der Waals surface area contributed by atoms with Gasteiger partial charge in [-0.3, -0.25) is 4.21 Å². The standard InChI is InChI=1S/C13H18ClNOS/c1-3-7-15-12-9(2)8-17(16)13-10(12)5-4-6-11(13)14/h4-6,9,12,15H,3,7-8H2,1-2H3. The molecule has 1 aliphatic rings. The van der Waals surface area contributed by atoms with Crippen molar-refractivity contribution in [3.63, 3.8) is 0 Å². The molecule has 0 aromatic heterocycles. The van der Waals surface area contributed by atoms with E-state index in [1.807, 2.05) is 18.2 Å². The van der Waals surface area contributed by atoms with Crippen molar-refractivity contribution in [1.82, 2.24) is 5.32 Å². The van der Waals surface area contributed by atoms with Crippen LogP contribution in [-0.4, -0.2) is 16.5 Å². The molecule has 3 atom stereocenters. The second-order valence-electron chi connectivity index (χ2n) is 4.58. The van der Waals surface area contributed by atoms with Gasteiger partial charge in [0, 0.05) is 11.8 Å². The molecule has 0 fully saturated rings. The average Bonchev–Trinajstić information content (AvgIpc) is 2.28. The zero-order chi connectivity index (χ0) is 12.4. The van der Waals surface area contributed by atoms with Gasteiger partial charge >= 0.3 is 0 Å². The van der Waals surface area contributed by atoms with Crippen LogP contribution in [0.4, 0.5) is 0 Å². The van der Waals surface area contributed by atoms with Crippen molar-refractivity contribution in [3.05, 3.63) is 28.8 Å². The van der Waals surface area contributed by atoms with E-state index in [-0.39, 0.29) is 6.04 Å². The third kappa shape index (κ3) is 2.56. The summed E-state index contributed by atoms with van der Waals surface area (Å²) in [5, 5.41) is 4.17. The van der Waals surface area contributed by atoms with E-state index in [4.69, 9.17) is 11.6 Å². The van der Waals surface area contributed by atoms with Crippen LogP contribution in [0.1, 0.15) is 31.9 Å². The van der Waals surface area contributed by atoms with Crippen molar-refractivity contribution >= 4 is 22.4 Å². The zero-order valence-corrected chi connectivity index (χ0v) is 11.8. The molecule has 3 unspecified atom stereocenters. The largest absolute Gasteiger partial charge is 0.310 e. The van der Waals surface area contributed by atoms with E-state index in [9.17, 15) is 4.21 Å². The van der Waals surface area contributed by atoms with Gasteiger partial charge < -0.3 is 5.32 Å². The lowest BCUT2D eigenvalue weighted by Crippen LogP contribution is -2.34. The smallest absolute Gasteiger partial charge is 0.0622 e. The highest BCUT2D eigenvalue weighted by Crippen LogP contribution is 2.37. The van der Waals surface area contributed by atoms with Gasteiger partial charge in [-0.25, -0.2) is 0 Å². The number of halogens is 1. The molecule has 0 saturated heterocycles. The Balaban J connectivity index is 2.40. The Bertz CT molecular complexity index is 435. The monoisotopic (exact) mass is 271 g/mol. The van der Waals surface area contributed by atoms with Crippen LogP contribution in [0, 0.1) is 5.92 Å². The van der Waals surface area contributed by atoms with Crippen molar-refractivity contribution in [2.75, 3.05) is 12.3 Å². The van der Waals surface area contributed by atoms with E-state index in [0.29, 0.717) is 16.7 Å². The van der Waals surface area contributed by atoms with Crippen LogP contribution in [0.3, 0.4) is 0 Å². The predicted octanol–water partition coefficient (Wildman–Crippen LogP) is 3.14. The van der Waals surface area contributed by atoms with Crippen LogP contribution in [0.2, 0.25) is 5.02 Å². The highest BCUT2D eigenvalue weighted by Gasteiger charge is 2.31. The van der Waals surface area contributed by atoms with Gasteiger partial charge in [0.25, 0.3) is 0 Å². The van der Waals surface area contributed by atoms with E-state index < -0.39 is 10.8 Å². The molecule has 0 spiro atoms. The topological polar surface area (TPSA) is 29.1 Å². The molecule has 0 bridgehead atoms. The molecule has 1 N–H and O–H groups in total. The predicted molar refractivity (Wildman–Crippen MR) is 72.9 cm³/mol. The molecule has 1 aromatic rings. The minimum atomic E-state index is -0.955. The van der Waals surface area contributed by atoms with Crippen LogP contribution >= 0.6 is 11.6 Å². The second kappa shape index (κ2) is 5.51. The molecule has 0 radical (unpaired) electrons. The molecule has 4 heteroatoms. The number of hydrogen-bond acceptors (Lipinski definition) is 2. The fourth-order valence-electron chi connectivity index (χ4n) is 2.35. The number of benzene rings is 1. The van der Waals surface area contributed by atoms with Crippen LogP contribution < -0.4 is 5.32 Å². The second-order valence-corrected chi connectivity index (χ2v) is 6.42. The molecule has 2 rings (SSSR count). The van der Waals surface area contributed by atoms with E-state index in [0.717, 1.165) is 23.4 Å². The summed E-state index contributed by atoms with van der Waals surface area (Å²) in [5.74, 6) is 1.08. The van der Waals surface area contributed by atoms with Gasteiger partial charge in [-0.1, -0.05) is 37.6 Å². The lowest BCUT2D eigenvalue weighted by molar-refractivity contribution is 0.403. The summed E-state index contributed by atoms with van der Waals surface area (Å²) in [6.45, 7) is 5.28. The quantitative estimate of drug-likeness (QED) is 0.915. The van der Waals surface area contributed by atoms with Crippen molar-refractivity contribution in [1.29, 1.82) is 0 Å². The Morgan fingerprint density at radius 1 is 1.53 bits per heavy atom. The molecular weight excluding hydrogens is 254 g/mol. The minimum Gasteiger partial charge on any atom is -0.310 e. The van der Waals surface area contributed by atoms with Crippen LogP contribution in [0.15, 0.2) is 23.1 Å². The average molecular weight is 272 g/mol. The summed E-state index contributed by atoms with van der Waals surface area (Å²) in [7, 11) is -0.955. The fourth-order valence-corrected chi connectivity index (χ4v) is 4.37. The number of nitrogens with one attached hydrogen (secondary N) is 1. The summed E-state index contributed by atoms with van der Waals surface area (Å²) in [5.41, 5.74) is 1.11. The lowest BCUT2D eigenvalue weighted by atomic mass is 9.95.